The zero-order chi connectivity index (χ0) is 21.1. The van der Waals surface area contributed by atoms with E-state index in [1.165, 1.54) is 24.5 Å². The summed E-state index contributed by atoms with van der Waals surface area (Å²) in [6, 6.07) is 8.56. The summed E-state index contributed by atoms with van der Waals surface area (Å²) in [5.41, 5.74) is 0.850. The van der Waals surface area contributed by atoms with Crippen molar-refractivity contribution in [1.29, 1.82) is 0 Å². The summed E-state index contributed by atoms with van der Waals surface area (Å²) in [5.74, 6) is -0.771. The smallest absolute Gasteiger partial charge is 0.437 e. The van der Waals surface area contributed by atoms with Gasteiger partial charge in [-0.2, -0.15) is 4.68 Å². The average molecular weight is 432 g/mol. The summed E-state index contributed by atoms with van der Waals surface area (Å²) in [6.07, 6.45) is 0. The maximum Gasteiger partial charge on any atom is 0.437 e. The molecule has 1 amide bonds. The topological polar surface area (TPSA) is 80.8 Å². The molecule has 3 heterocycles. The third-order valence-corrected chi connectivity index (χ3v) is 5.83. The molecule has 0 N–H and O–H groups in total. The molecule has 2 aromatic heterocycles. The number of carbonyl (C=O) groups is 1. The van der Waals surface area contributed by atoms with Crippen molar-refractivity contribution in [3.8, 4) is 16.5 Å². The fourth-order valence-corrected chi connectivity index (χ4v) is 4.00. The minimum atomic E-state index is -0.646. The standard InChI is InChI=1S/C20H21FN4O4S/c1-28-16-5-4-14(11-15(16)21)12-23-6-8-24(9-7-23)18(26)13-25-20(27)29-19(22-25)17-3-2-10-30-17/h2-5,10-11H,6-9,12-13H2,1H3. The van der Waals surface area contributed by atoms with E-state index >= 15 is 0 Å². The Morgan fingerprint density at radius 3 is 2.73 bits per heavy atom. The van der Waals surface area contributed by atoms with E-state index < -0.39 is 5.76 Å². The SMILES string of the molecule is COc1ccc(CN2CCN(C(=O)Cn3nc(-c4cccs4)oc3=O)CC2)cc1F. The molecule has 1 aliphatic heterocycles. The van der Waals surface area contributed by atoms with E-state index in [0.717, 1.165) is 15.1 Å². The number of piperazine rings is 1. The van der Waals surface area contributed by atoms with Crippen LogP contribution in [-0.2, 0) is 17.9 Å². The lowest BCUT2D eigenvalue weighted by atomic mass is 10.2. The van der Waals surface area contributed by atoms with Crippen LogP contribution in [0.4, 0.5) is 4.39 Å². The summed E-state index contributed by atoms with van der Waals surface area (Å²) >= 11 is 1.41. The summed E-state index contributed by atoms with van der Waals surface area (Å²) in [7, 11) is 1.43. The predicted molar refractivity (Wildman–Crippen MR) is 109 cm³/mol. The van der Waals surface area contributed by atoms with E-state index in [-0.39, 0.29) is 29.9 Å². The van der Waals surface area contributed by atoms with Gasteiger partial charge in [-0.1, -0.05) is 12.1 Å². The van der Waals surface area contributed by atoms with E-state index in [9.17, 15) is 14.0 Å². The van der Waals surface area contributed by atoms with Crippen molar-refractivity contribution in [1.82, 2.24) is 19.6 Å². The van der Waals surface area contributed by atoms with Crippen LogP contribution in [0.5, 0.6) is 5.75 Å². The minimum absolute atomic E-state index is 0.155. The van der Waals surface area contributed by atoms with Gasteiger partial charge in [-0.3, -0.25) is 9.69 Å². The third-order valence-electron chi connectivity index (χ3n) is 4.97. The molecule has 10 heteroatoms. The lowest BCUT2D eigenvalue weighted by Gasteiger charge is -2.34. The summed E-state index contributed by atoms with van der Waals surface area (Å²) in [5, 5.41) is 5.98. The van der Waals surface area contributed by atoms with Crippen LogP contribution in [0.2, 0.25) is 0 Å². The van der Waals surface area contributed by atoms with Crippen LogP contribution in [-0.4, -0.2) is 58.8 Å². The van der Waals surface area contributed by atoms with Gasteiger partial charge in [0.05, 0.1) is 12.0 Å². The lowest BCUT2D eigenvalue weighted by molar-refractivity contribution is -0.134. The highest BCUT2D eigenvalue weighted by molar-refractivity contribution is 7.13. The number of thiophene rings is 1. The highest BCUT2D eigenvalue weighted by Crippen LogP contribution is 2.21. The predicted octanol–water partition coefficient (Wildman–Crippen LogP) is 2.06. The maximum atomic E-state index is 13.9. The van der Waals surface area contributed by atoms with Gasteiger partial charge in [-0.05, 0) is 29.1 Å². The summed E-state index contributed by atoms with van der Waals surface area (Å²) in [4.78, 5) is 29.2. The van der Waals surface area contributed by atoms with E-state index in [2.05, 4.69) is 10.00 Å². The van der Waals surface area contributed by atoms with Gasteiger partial charge in [0.25, 0.3) is 5.89 Å². The molecule has 0 radical (unpaired) electrons. The number of hydrogen-bond acceptors (Lipinski definition) is 7. The van der Waals surface area contributed by atoms with Gasteiger partial charge in [-0.25, -0.2) is 9.18 Å². The number of amides is 1. The highest BCUT2D eigenvalue weighted by atomic mass is 32.1. The molecule has 0 spiro atoms. The Labute approximate surface area is 176 Å². The molecule has 0 aliphatic carbocycles. The van der Waals surface area contributed by atoms with Crippen molar-refractivity contribution >= 4 is 17.2 Å². The number of hydrogen-bond donors (Lipinski definition) is 0. The number of nitrogens with zero attached hydrogens (tertiary/aromatic N) is 4. The zero-order valence-corrected chi connectivity index (χ0v) is 17.2. The van der Waals surface area contributed by atoms with Gasteiger partial charge in [0.2, 0.25) is 5.91 Å². The Morgan fingerprint density at radius 1 is 1.27 bits per heavy atom. The number of methoxy groups -OCH3 is 1. The van der Waals surface area contributed by atoms with Crippen molar-refractivity contribution in [3.05, 3.63) is 57.6 Å². The second-order valence-corrected chi connectivity index (χ2v) is 7.88. The molecule has 8 nitrogen and oxygen atoms in total. The van der Waals surface area contributed by atoms with Crippen LogP contribution in [0.3, 0.4) is 0 Å². The van der Waals surface area contributed by atoms with Crippen LogP contribution >= 0.6 is 11.3 Å². The van der Waals surface area contributed by atoms with Gasteiger partial charge in [0.1, 0.15) is 6.54 Å². The Balaban J connectivity index is 1.31. The van der Waals surface area contributed by atoms with E-state index in [4.69, 9.17) is 9.15 Å². The molecular formula is C20H21FN4O4S. The van der Waals surface area contributed by atoms with Crippen LogP contribution < -0.4 is 10.5 Å². The van der Waals surface area contributed by atoms with Crippen molar-refractivity contribution < 1.29 is 18.3 Å². The van der Waals surface area contributed by atoms with Crippen molar-refractivity contribution in [2.24, 2.45) is 0 Å². The number of rotatable bonds is 6. The first kappa shape index (κ1) is 20.3. The van der Waals surface area contributed by atoms with Gasteiger partial charge in [0.15, 0.2) is 11.6 Å². The van der Waals surface area contributed by atoms with Crippen molar-refractivity contribution in [3.63, 3.8) is 0 Å². The zero-order valence-electron chi connectivity index (χ0n) is 16.4. The second kappa shape index (κ2) is 8.80. The fraction of sp³-hybridized carbons (Fsp3) is 0.350. The second-order valence-electron chi connectivity index (χ2n) is 6.93. The first-order chi connectivity index (χ1) is 14.5. The normalized spacial score (nSPS) is 14.8. The molecular weight excluding hydrogens is 411 g/mol. The Kier molecular flexibility index (Phi) is 5.96. The molecule has 0 bridgehead atoms. The van der Waals surface area contributed by atoms with Crippen LogP contribution in [0, 0.1) is 5.82 Å². The van der Waals surface area contributed by atoms with Crippen LogP contribution in [0.25, 0.3) is 10.8 Å². The van der Waals surface area contributed by atoms with E-state index in [1.54, 1.807) is 17.0 Å². The molecule has 1 saturated heterocycles. The van der Waals surface area contributed by atoms with E-state index in [0.29, 0.717) is 32.7 Å². The molecule has 1 aliphatic rings. The number of ether oxygens (including phenoxy) is 1. The van der Waals surface area contributed by atoms with E-state index in [1.807, 2.05) is 17.5 Å². The third kappa shape index (κ3) is 4.44. The number of aromatic nitrogens is 2. The molecule has 30 heavy (non-hydrogen) atoms. The molecule has 1 fully saturated rings. The first-order valence-corrected chi connectivity index (χ1v) is 10.4. The van der Waals surface area contributed by atoms with Gasteiger partial charge in [-0.15, -0.1) is 16.4 Å². The Morgan fingerprint density at radius 2 is 2.07 bits per heavy atom. The highest BCUT2D eigenvalue weighted by Gasteiger charge is 2.23. The number of halogens is 1. The maximum absolute atomic E-state index is 13.9. The first-order valence-electron chi connectivity index (χ1n) is 9.48. The molecule has 0 atom stereocenters. The average Bonchev–Trinajstić information content (AvgIpc) is 3.39. The van der Waals surface area contributed by atoms with Crippen LogP contribution in [0.1, 0.15) is 5.56 Å². The van der Waals surface area contributed by atoms with Crippen molar-refractivity contribution in [2.75, 3.05) is 33.3 Å². The molecule has 4 rings (SSSR count). The number of carbonyl (C=O) groups excluding carboxylic acids is 1. The largest absolute Gasteiger partial charge is 0.494 e. The molecule has 158 valence electrons. The van der Waals surface area contributed by atoms with Gasteiger partial charge >= 0.3 is 5.76 Å². The van der Waals surface area contributed by atoms with Crippen molar-refractivity contribution in [2.45, 2.75) is 13.1 Å². The summed E-state index contributed by atoms with van der Waals surface area (Å²) < 4.78 is 25.0. The van der Waals surface area contributed by atoms with Gasteiger partial charge in [0, 0.05) is 32.7 Å². The van der Waals surface area contributed by atoms with Gasteiger partial charge < -0.3 is 14.1 Å². The lowest BCUT2D eigenvalue weighted by Crippen LogP contribution is -2.49. The Bertz CT molecular complexity index is 1070. The molecule has 0 unspecified atom stereocenters. The summed E-state index contributed by atoms with van der Waals surface area (Å²) in [6.45, 7) is 2.82. The minimum Gasteiger partial charge on any atom is -0.494 e. The fourth-order valence-electron chi connectivity index (χ4n) is 3.36. The number of benzene rings is 1. The molecule has 0 saturated carbocycles. The Hall–Kier alpha value is -2.98. The molecule has 3 aromatic rings. The monoisotopic (exact) mass is 432 g/mol. The quantitative estimate of drug-likeness (QED) is 0.593. The van der Waals surface area contributed by atoms with Crippen LogP contribution in [0.15, 0.2) is 44.9 Å². The molecule has 1 aromatic carbocycles.